The molecular formula is C31H38N6O6. The number of hydrogen-bond acceptors (Lipinski definition) is 10. The highest BCUT2D eigenvalue weighted by Crippen LogP contribution is 2.37. The number of nitrogen functional groups attached to an aromatic ring is 1. The van der Waals surface area contributed by atoms with Crippen LogP contribution in [-0.4, -0.2) is 65.4 Å². The van der Waals surface area contributed by atoms with Crippen LogP contribution in [-0.2, 0) is 22.6 Å². The van der Waals surface area contributed by atoms with E-state index in [2.05, 4.69) is 39.1 Å². The molecule has 0 saturated carbocycles. The van der Waals surface area contributed by atoms with Crippen LogP contribution in [0.2, 0.25) is 0 Å². The van der Waals surface area contributed by atoms with Crippen molar-refractivity contribution in [1.82, 2.24) is 14.9 Å². The Bertz CT molecular complexity index is 1390. The van der Waals surface area contributed by atoms with Gasteiger partial charge < -0.3 is 19.9 Å². The van der Waals surface area contributed by atoms with Gasteiger partial charge in [-0.25, -0.2) is 4.79 Å². The number of nitrogens with zero attached hydrogens (tertiary/aromatic N) is 5. The normalized spacial score (nSPS) is 15.7. The molecule has 0 atom stereocenters. The van der Waals surface area contributed by atoms with Crippen molar-refractivity contribution in [3.05, 3.63) is 69.9 Å². The summed E-state index contributed by atoms with van der Waals surface area (Å²) in [4.78, 5) is 36.9. The standard InChI is InChI=1S/C31H38N6O6/c1-2-42-31(38)36(27-17-28(34-30(32)29(27)37(39)40)43-21-23-11-15-41-16-12-23)20-24-7-10-26(33-18-24)25-8-5-22(6-9-25)19-35-13-3-4-14-35/h5-10,17-18,23H,2-4,11-16,19-21H2,1H3,(H2,32,34). The van der Waals surface area contributed by atoms with E-state index in [1.807, 2.05) is 12.1 Å². The zero-order chi connectivity index (χ0) is 30.2. The Morgan fingerprint density at radius 2 is 1.86 bits per heavy atom. The molecule has 2 fully saturated rings. The molecule has 4 heterocycles. The molecule has 2 saturated heterocycles. The summed E-state index contributed by atoms with van der Waals surface area (Å²) in [5.41, 5.74) is 9.15. The second kappa shape index (κ2) is 14.3. The summed E-state index contributed by atoms with van der Waals surface area (Å²) in [6.07, 6.45) is 5.10. The number of nitrogens with two attached hydrogens (primary N) is 1. The molecule has 0 spiro atoms. The number of amides is 1. The number of hydrogen-bond donors (Lipinski definition) is 1. The highest BCUT2D eigenvalue weighted by atomic mass is 16.6. The summed E-state index contributed by atoms with van der Waals surface area (Å²) in [7, 11) is 0. The molecule has 1 aromatic carbocycles. The van der Waals surface area contributed by atoms with Gasteiger partial charge in [-0.3, -0.25) is 24.9 Å². The minimum absolute atomic E-state index is 0.0371. The number of rotatable bonds is 11. The first-order chi connectivity index (χ1) is 20.9. The number of likely N-dealkylation sites (tertiary alicyclic amines) is 1. The lowest BCUT2D eigenvalue weighted by atomic mass is 10.0. The number of ether oxygens (including phenoxy) is 3. The molecule has 0 unspecified atom stereocenters. The molecular weight excluding hydrogens is 552 g/mol. The lowest BCUT2D eigenvalue weighted by Gasteiger charge is -2.24. The number of nitro groups is 1. The molecule has 2 aromatic heterocycles. The van der Waals surface area contributed by atoms with Crippen LogP contribution in [0, 0.1) is 16.0 Å². The number of pyridine rings is 2. The van der Waals surface area contributed by atoms with Crippen molar-refractivity contribution in [2.75, 3.05) is 50.2 Å². The van der Waals surface area contributed by atoms with Gasteiger partial charge in [-0.2, -0.15) is 4.98 Å². The topological polar surface area (TPSA) is 146 Å². The third kappa shape index (κ3) is 7.76. The quantitative estimate of drug-likeness (QED) is 0.234. The zero-order valence-electron chi connectivity index (χ0n) is 24.4. The zero-order valence-corrected chi connectivity index (χ0v) is 24.4. The molecule has 228 valence electrons. The molecule has 5 rings (SSSR count). The van der Waals surface area contributed by atoms with Gasteiger partial charge in [0.2, 0.25) is 11.7 Å². The second-order valence-corrected chi connectivity index (χ2v) is 10.9. The van der Waals surface area contributed by atoms with Crippen LogP contribution < -0.4 is 15.4 Å². The fourth-order valence-electron chi connectivity index (χ4n) is 5.40. The smallest absolute Gasteiger partial charge is 0.414 e. The van der Waals surface area contributed by atoms with Crippen molar-refractivity contribution >= 4 is 23.3 Å². The average Bonchev–Trinajstić information content (AvgIpc) is 3.53. The summed E-state index contributed by atoms with van der Waals surface area (Å²) in [5.74, 6) is 0.0170. The van der Waals surface area contributed by atoms with Crippen molar-refractivity contribution in [3.63, 3.8) is 0 Å². The van der Waals surface area contributed by atoms with Gasteiger partial charge in [0, 0.05) is 37.6 Å². The van der Waals surface area contributed by atoms with Crippen molar-refractivity contribution < 1.29 is 23.9 Å². The molecule has 2 N–H and O–H groups in total. The van der Waals surface area contributed by atoms with Crippen LogP contribution in [0.5, 0.6) is 5.88 Å². The van der Waals surface area contributed by atoms with Gasteiger partial charge in [-0.15, -0.1) is 0 Å². The van der Waals surface area contributed by atoms with Gasteiger partial charge in [-0.05, 0) is 68.8 Å². The van der Waals surface area contributed by atoms with Gasteiger partial charge in [-0.1, -0.05) is 30.3 Å². The Morgan fingerprint density at radius 3 is 2.51 bits per heavy atom. The maximum Gasteiger partial charge on any atom is 0.414 e. The first kappa shape index (κ1) is 30.2. The molecule has 1 amide bonds. The van der Waals surface area contributed by atoms with Gasteiger partial charge in [0.05, 0.1) is 30.4 Å². The molecule has 0 aliphatic carbocycles. The third-order valence-corrected chi connectivity index (χ3v) is 7.77. The average molecular weight is 591 g/mol. The van der Waals surface area contributed by atoms with Gasteiger partial charge in [0.1, 0.15) is 5.69 Å². The monoisotopic (exact) mass is 590 g/mol. The summed E-state index contributed by atoms with van der Waals surface area (Å²) < 4.78 is 16.6. The summed E-state index contributed by atoms with van der Waals surface area (Å²) in [6, 6.07) is 13.4. The Labute approximate surface area is 250 Å². The number of anilines is 2. The Kier molecular flexibility index (Phi) is 10.0. The fraction of sp³-hybridized carbons (Fsp3) is 0.452. The summed E-state index contributed by atoms with van der Waals surface area (Å²) in [6.45, 7) is 6.63. The number of carbonyl (C=O) groups is 1. The maximum atomic E-state index is 13.1. The molecule has 2 aliphatic heterocycles. The summed E-state index contributed by atoms with van der Waals surface area (Å²) >= 11 is 0. The number of carbonyl (C=O) groups excluding carboxylic acids is 1. The molecule has 2 aliphatic rings. The van der Waals surface area contributed by atoms with E-state index in [0.717, 1.165) is 43.7 Å². The van der Waals surface area contributed by atoms with Crippen LogP contribution >= 0.6 is 0 Å². The molecule has 12 nitrogen and oxygen atoms in total. The van der Waals surface area contributed by atoms with Crippen LogP contribution in [0.3, 0.4) is 0 Å². The molecule has 0 radical (unpaired) electrons. The largest absolute Gasteiger partial charge is 0.477 e. The minimum Gasteiger partial charge on any atom is -0.477 e. The summed E-state index contributed by atoms with van der Waals surface area (Å²) in [5, 5.41) is 12.1. The number of aromatic nitrogens is 2. The van der Waals surface area contributed by atoms with Crippen LogP contribution in [0.4, 0.5) is 22.0 Å². The van der Waals surface area contributed by atoms with E-state index >= 15 is 0 Å². The van der Waals surface area contributed by atoms with Gasteiger partial charge in [0.25, 0.3) is 0 Å². The van der Waals surface area contributed by atoms with Crippen molar-refractivity contribution in [3.8, 4) is 17.1 Å². The van der Waals surface area contributed by atoms with E-state index in [1.165, 1.54) is 29.4 Å². The highest BCUT2D eigenvalue weighted by Gasteiger charge is 2.31. The van der Waals surface area contributed by atoms with Crippen molar-refractivity contribution in [1.29, 1.82) is 0 Å². The lowest BCUT2D eigenvalue weighted by molar-refractivity contribution is -0.383. The third-order valence-electron chi connectivity index (χ3n) is 7.77. The molecule has 12 heteroatoms. The van der Waals surface area contributed by atoms with Crippen LogP contribution in [0.15, 0.2) is 48.7 Å². The first-order valence-electron chi connectivity index (χ1n) is 14.8. The predicted octanol–water partition coefficient (Wildman–Crippen LogP) is 5.20. The predicted molar refractivity (Wildman–Crippen MR) is 162 cm³/mol. The fourth-order valence-corrected chi connectivity index (χ4v) is 5.40. The SMILES string of the molecule is CCOC(=O)N(Cc1ccc(-c2ccc(CN3CCCC3)cc2)nc1)c1cc(OCC2CCOCC2)nc(N)c1[N+](=O)[O-]. The van der Waals surface area contributed by atoms with E-state index in [9.17, 15) is 14.9 Å². The lowest BCUT2D eigenvalue weighted by Crippen LogP contribution is -2.32. The molecule has 0 bridgehead atoms. The van der Waals surface area contributed by atoms with Crippen molar-refractivity contribution in [2.45, 2.75) is 45.7 Å². The first-order valence-corrected chi connectivity index (χ1v) is 14.8. The van der Waals surface area contributed by atoms with Gasteiger partial charge >= 0.3 is 11.8 Å². The minimum atomic E-state index is -0.760. The van der Waals surface area contributed by atoms with Gasteiger partial charge in [0.15, 0.2) is 0 Å². The number of benzene rings is 1. The maximum absolute atomic E-state index is 13.1. The highest BCUT2D eigenvalue weighted by molar-refractivity contribution is 5.92. The van der Waals surface area contributed by atoms with E-state index in [-0.39, 0.29) is 36.5 Å². The Morgan fingerprint density at radius 1 is 1.14 bits per heavy atom. The molecule has 43 heavy (non-hydrogen) atoms. The van der Waals surface area contributed by atoms with E-state index in [0.29, 0.717) is 25.4 Å². The van der Waals surface area contributed by atoms with E-state index < -0.39 is 16.7 Å². The van der Waals surface area contributed by atoms with Crippen LogP contribution in [0.25, 0.3) is 11.3 Å². The van der Waals surface area contributed by atoms with E-state index in [4.69, 9.17) is 19.9 Å². The molecule has 3 aromatic rings. The second-order valence-electron chi connectivity index (χ2n) is 10.9. The van der Waals surface area contributed by atoms with Crippen LogP contribution in [0.1, 0.15) is 43.7 Å². The van der Waals surface area contributed by atoms with E-state index in [1.54, 1.807) is 13.1 Å². The Balaban J connectivity index is 1.36. The Hall–Kier alpha value is -4.29. The van der Waals surface area contributed by atoms with Crippen molar-refractivity contribution in [2.24, 2.45) is 5.92 Å².